The van der Waals surface area contributed by atoms with Gasteiger partial charge in [-0.2, -0.15) is 10.1 Å². The van der Waals surface area contributed by atoms with E-state index in [2.05, 4.69) is 20.2 Å². The normalized spacial score (nSPS) is 15.1. The molecule has 0 spiro atoms. The molecule has 4 heterocycles. The van der Waals surface area contributed by atoms with E-state index in [-0.39, 0.29) is 5.60 Å². The predicted molar refractivity (Wildman–Crippen MR) is 114 cm³/mol. The molecule has 0 atom stereocenters. The van der Waals surface area contributed by atoms with Crippen molar-refractivity contribution in [3.05, 3.63) is 70.6 Å². The van der Waals surface area contributed by atoms with Crippen molar-refractivity contribution >= 4 is 11.6 Å². The van der Waals surface area contributed by atoms with Gasteiger partial charge in [-0.25, -0.2) is 4.98 Å². The molecule has 31 heavy (non-hydrogen) atoms. The van der Waals surface area contributed by atoms with Gasteiger partial charge in [-0.3, -0.25) is 4.68 Å². The Morgan fingerprint density at radius 3 is 2.61 bits per heavy atom. The first kappa shape index (κ1) is 19.9. The molecule has 0 unspecified atom stereocenters. The largest absolute Gasteiger partial charge is 0.375 e. The second-order valence-corrected chi connectivity index (χ2v) is 7.90. The van der Waals surface area contributed by atoms with Crippen molar-refractivity contribution in [2.75, 3.05) is 20.3 Å². The van der Waals surface area contributed by atoms with E-state index >= 15 is 0 Å². The molecule has 158 valence electrons. The second-order valence-electron chi connectivity index (χ2n) is 7.51. The summed E-state index contributed by atoms with van der Waals surface area (Å²) in [5.74, 6) is 0.878. The topological polar surface area (TPSA) is 88.1 Å². The Morgan fingerprint density at radius 2 is 1.97 bits per heavy atom. The van der Waals surface area contributed by atoms with Crippen LogP contribution in [0.25, 0.3) is 23.0 Å². The fraction of sp³-hybridized carbons (Fsp3) is 0.273. The summed E-state index contributed by atoms with van der Waals surface area (Å²) in [6.07, 6.45) is 1.74. The fourth-order valence-corrected chi connectivity index (χ4v) is 3.62. The molecule has 0 radical (unpaired) electrons. The van der Waals surface area contributed by atoms with Gasteiger partial charge in [0.05, 0.1) is 19.8 Å². The van der Waals surface area contributed by atoms with Crippen molar-refractivity contribution < 1.29 is 14.0 Å². The van der Waals surface area contributed by atoms with E-state index in [1.165, 1.54) is 0 Å². The molecule has 1 aliphatic rings. The van der Waals surface area contributed by atoms with Crippen molar-refractivity contribution in [3.63, 3.8) is 0 Å². The summed E-state index contributed by atoms with van der Waals surface area (Å²) in [6, 6.07) is 13.5. The van der Waals surface area contributed by atoms with Gasteiger partial charge in [0.2, 0.25) is 5.82 Å². The number of hydrogen-bond donors (Lipinski definition) is 0. The third-order valence-electron chi connectivity index (χ3n) is 5.48. The van der Waals surface area contributed by atoms with Crippen LogP contribution in [0.15, 0.2) is 53.2 Å². The number of pyridine rings is 1. The standard InChI is InChI=1S/C22H20ClN5O3/c1-14-9-18(26-28(14)11-15-3-8-19(23)24-10-15)21-25-20(27-31-21)16-4-6-17(7-5-16)22(29-2)12-30-13-22/h3-10H,11-13H2,1-2H3. The summed E-state index contributed by atoms with van der Waals surface area (Å²) in [6.45, 7) is 3.67. The number of halogens is 1. The van der Waals surface area contributed by atoms with Crippen LogP contribution in [0.2, 0.25) is 5.15 Å². The Hall–Kier alpha value is -3.07. The van der Waals surface area contributed by atoms with Crippen LogP contribution in [-0.4, -0.2) is 45.2 Å². The molecule has 0 bridgehead atoms. The van der Waals surface area contributed by atoms with Gasteiger partial charge < -0.3 is 14.0 Å². The van der Waals surface area contributed by atoms with E-state index in [9.17, 15) is 0 Å². The third kappa shape index (κ3) is 3.74. The molecule has 5 rings (SSSR count). The second kappa shape index (κ2) is 7.88. The monoisotopic (exact) mass is 437 g/mol. The van der Waals surface area contributed by atoms with Gasteiger partial charge in [-0.1, -0.05) is 47.1 Å². The van der Waals surface area contributed by atoms with Gasteiger partial charge in [0.25, 0.3) is 5.89 Å². The Balaban J connectivity index is 1.35. The number of hydrogen-bond acceptors (Lipinski definition) is 7. The lowest BCUT2D eigenvalue weighted by molar-refractivity contribution is -0.202. The van der Waals surface area contributed by atoms with Crippen LogP contribution in [0.1, 0.15) is 16.8 Å². The lowest BCUT2D eigenvalue weighted by Crippen LogP contribution is -2.48. The van der Waals surface area contributed by atoms with Crippen LogP contribution in [0.5, 0.6) is 0 Å². The summed E-state index contributed by atoms with van der Waals surface area (Å²) >= 11 is 5.86. The van der Waals surface area contributed by atoms with Crippen molar-refractivity contribution in [1.29, 1.82) is 0 Å². The Morgan fingerprint density at radius 1 is 1.16 bits per heavy atom. The lowest BCUT2D eigenvalue weighted by Gasteiger charge is -2.40. The average Bonchev–Trinajstić information content (AvgIpc) is 3.37. The minimum Gasteiger partial charge on any atom is -0.375 e. The van der Waals surface area contributed by atoms with Crippen molar-refractivity contribution in [3.8, 4) is 23.0 Å². The predicted octanol–water partition coefficient (Wildman–Crippen LogP) is 3.88. The highest BCUT2D eigenvalue weighted by Crippen LogP contribution is 2.34. The minimum atomic E-state index is -0.356. The maximum Gasteiger partial charge on any atom is 0.278 e. The molecular weight excluding hydrogens is 418 g/mol. The van der Waals surface area contributed by atoms with Gasteiger partial charge in [-0.05, 0) is 30.2 Å². The summed E-state index contributed by atoms with van der Waals surface area (Å²) in [7, 11) is 1.70. The number of methoxy groups -OCH3 is 1. The van der Waals surface area contributed by atoms with E-state index < -0.39 is 0 Å². The first-order valence-electron chi connectivity index (χ1n) is 9.79. The molecule has 8 nitrogen and oxygen atoms in total. The quantitative estimate of drug-likeness (QED) is 0.423. The van der Waals surface area contributed by atoms with E-state index in [1.54, 1.807) is 19.4 Å². The Bertz CT molecular complexity index is 1190. The highest BCUT2D eigenvalue weighted by Gasteiger charge is 2.40. The molecule has 1 aromatic carbocycles. The van der Waals surface area contributed by atoms with Crippen molar-refractivity contribution in [2.24, 2.45) is 0 Å². The molecular formula is C22H20ClN5O3. The van der Waals surface area contributed by atoms with E-state index in [1.807, 2.05) is 48.0 Å². The molecule has 4 aromatic rings. The van der Waals surface area contributed by atoms with Crippen LogP contribution in [0, 0.1) is 6.92 Å². The minimum absolute atomic E-state index is 0.356. The highest BCUT2D eigenvalue weighted by molar-refractivity contribution is 6.29. The summed E-state index contributed by atoms with van der Waals surface area (Å²) in [4.78, 5) is 8.64. The summed E-state index contributed by atoms with van der Waals surface area (Å²) in [5.41, 5.74) is 4.17. The number of aryl methyl sites for hydroxylation is 1. The van der Waals surface area contributed by atoms with Gasteiger partial charge >= 0.3 is 0 Å². The molecule has 0 saturated carbocycles. The molecule has 1 aliphatic heterocycles. The number of benzene rings is 1. The molecule has 0 N–H and O–H groups in total. The summed E-state index contributed by atoms with van der Waals surface area (Å²) < 4.78 is 18.3. The van der Waals surface area contributed by atoms with E-state index in [0.717, 1.165) is 22.4 Å². The first-order chi connectivity index (χ1) is 15.1. The molecule has 9 heteroatoms. The van der Waals surface area contributed by atoms with E-state index in [4.69, 9.17) is 25.6 Å². The third-order valence-corrected chi connectivity index (χ3v) is 5.70. The van der Waals surface area contributed by atoms with Crippen LogP contribution >= 0.6 is 11.6 Å². The fourth-order valence-electron chi connectivity index (χ4n) is 3.51. The van der Waals surface area contributed by atoms with Gasteiger partial charge in [0.1, 0.15) is 10.8 Å². The molecule has 1 saturated heterocycles. The van der Waals surface area contributed by atoms with E-state index in [0.29, 0.717) is 42.3 Å². The van der Waals surface area contributed by atoms with Crippen molar-refractivity contribution in [1.82, 2.24) is 24.9 Å². The van der Waals surface area contributed by atoms with Gasteiger partial charge in [-0.15, -0.1) is 0 Å². The zero-order chi connectivity index (χ0) is 21.4. The molecule has 1 fully saturated rings. The maximum absolute atomic E-state index is 5.86. The van der Waals surface area contributed by atoms with Crippen LogP contribution < -0.4 is 0 Å². The maximum atomic E-state index is 5.86. The lowest BCUT2D eigenvalue weighted by atomic mass is 9.91. The smallest absolute Gasteiger partial charge is 0.278 e. The molecule has 0 aliphatic carbocycles. The van der Waals surface area contributed by atoms with Gasteiger partial charge in [0, 0.05) is 24.6 Å². The first-order valence-corrected chi connectivity index (χ1v) is 10.2. The number of nitrogens with zero attached hydrogens (tertiary/aromatic N) is 5. The Kier molecular flexibility index (Phi) is 5.05. The Labute approximate surface area is 183 Å². The van der Waals surface area contributed by atoms with Gasteiger partial charge in [0.15, 0.2) is 5.69 Å². The SMILES string of the molecule is COC1(c2ccc(-c3noc(-c4cc(C)n(Cc5ccc(Cl)nc5)n4)n3)cc2)COC1. The van der Waals surface area contributed by atoms with Crippen LogP contribution in [0.4, 0.5) is 0 Å². The van der Waals surface area contributed by atoms with Crippen molar-refractivity contribution in [2.45, 2.75) is 19.1 Å². The number of rotatable bonds is 6. The van der Waals surface area contributed by atoms with Crippen LogP contribution in [0.3, 0.4) is 0 Å². The zero-order valence-electron chi connectivity index (χ0n) is 17.1. The molecule has 0 amide bonds. The highest BCUT2D eigenvalue weighted by atomic mass is 35.5. The number of aromatic nitrogens is 5. The zero-order valence-corrected chi connectivity index (χ0v) is 17.8. The molecule has 3 aromatic heterocycles. The number of ether oxygens (including phenoxy) is 2. The summed E-state index contributed by atoms with van der Waals surface area (Å²) in [5, 5.41) is 9.20. The van der Waals surface area contributed by atoms with Crippen LogP contribution in [-0.2, 0) is 21.6 Å². The average molecular weight is 438 g/mol.